The molecule has 12 heteroatoms. The lowest BCUT2D eigenvalue weighted by Gasteiger charge is -2.37. The van der Waals surface area contributed by atoms with Crippen LogP contribution in [0.2, 0.25) is 0 Å². The van der Waals surface area contributed by atoms with E-state index >= 15 is 0 Å². The van der Waals surface area contributed by atoms with Gasteiger partial charge in [-0.1, -0.05) is 36.4 Å². The van der Waals surface area contributed by atoms with E-state index in [1.807, 2.05) is 11.9 Å². The van der Waals surface area contributed by atoms with Crippen LogP contribution in [0, 0.1) is 0 Å². The molecule has 0 radical (unpaired) electrons. The molecule has 2 aromatic heterocycles. The highest BCUT2D eigenvalue weighted by Gasteiger charge is 2.41. The van der Waals surface area contributed by atoms with E-state index in [9.17, 15) is 18.0 Å². The van der Waals surface area contributed by atoms with Gasteiger partial charge in [0, 0.05) is 43.0 Å². The number of rotatable bonds is 7. The minimum Gasteiger partial charge on any atom is -0.380 e. The summed E-state index contributed by atoms with van der Waals surface area (Å²) in [7, 11) is 0. The van der Waals surface area contributed by atoms with Crippen molar-refractivity contribution in [2.24, 2.45) is 0 Å². The Morgan fingerprint density at radius 3 is 2.38 bits per heavy atom. The number of piperidine rings is 1. The van der Waals surface area contributed by atoms with Gasteiger partial charge in [0.15, 0.2) is 5.69 Å². The molecule has 0 spiro atoms. The van der Waals surface area contributed by atoms with Crippen LogP contribution in [0.4, 0.5) is 13.2 Å². The molecule has 5 heterocycles. The largest absolute Gasteiger partial charge is 0.417 e. The lowest BCUT2D eigenvalue weighted by molar-refractivity contribution is -0.137. The fraction of sp³-hybridized carbons (Fsp3) is 0.679. The van der Waals surface area contributed by atoms with Crippen LogP contribution in [-0.2, 0) is 17.5 Å². The second kappa shape index (κ2) is 13.2. The SMILES string of the molecule is CSN1C2CC[C@H]1CC(NC(=O)c1cc(C3COC3)on1)C2.FC(F)(F)c1ccc(CNC2CCCCC2)nc1. The molecule has 6 rings (SSSR count). The maximum Gasteiger partial charge on any atom is 0.417 e. The van der Waals surface area contributed by atoms with Crippen molar-refractivity contribution in [2.45, 2.75) is 101 Å². The molecule has 1 aliphatic carbocycles. The second-order valence-electron chi connectivity index (χ2n) is 11.2. The van der Waals surface area contributed by atoms with Crippen LogP contribution in [-0.4, -0.2) is 64.0 Å². The van der Waals surface area contributed by atoms with Crippen LogP contribution < -0.4 is 10.6 Å². The zero-order valence-electron chi connectivity index (χ0n) is 22.8. The Morgan fingerprint density at radius 2 is 1.80 bits per heavy atom. The molecular formula is C28H38F3N5O3S. The van der Waals surface area contributed by atoms with Crippen LogP contribution in [0.5, 0.6) is 0 Å². The number of hydrogen-bond donors (Lipinski definition) is 2. The predicted octanol–water partition coefficient (Wildman–Crippen LogP) is 5.31. The number of ether oxygens (including phenoxy) is 1. The molecule has 2 N–H and O–H groups in total. The average Bonchev–Trinajstić information content (AvgIpc) is 3.49. The van der Waals surface area contributed by atoms with E-state index in [2.05, 4.69) is 31.3 Å². The summed E-state index contributed by atoms with van der Waals surface area (Å²) in [6.07, 6.45) is 9.36. The number of fused-ring (bicyclic) bond motifs is 2. The summed E-state index contributed by atoms with van der Waals surface area (Å²) < 4.78 is 49.9. The fourth-order valence-electron chi connectivity index (χ4n) is 6.05. The van der Waals surface area contributed by atoms with E-state index in [4.69, 9.17) is 9.26 Å². The van der Waals surface area contributed by atoms with Crippen LogP contribution in [0.3, 0.4) is 0 Å². The van der Waals surface area contributed by atoms with Gasteiger partial charge >= 0.3 is 6.18 Å². The third kappa shape index (κ3) is 7.37. The van der Waals surface area contributed by atoms with Crippen molar-refractivity contribution < 1.29 is 27.2 Å². The quantitative estimate of drug-likeness (QED) is 0.425. The highest BCUT2D eigenvalue weighted by molar-refractivity contribution is 7.96. The summed E-state index contributed by atoms with van der Waals surface area (Å²) in [6.45, 7) is 1.86. The van der Waals surface area contributed by atoms with Crippen LogP contribution in [0.1, 0.15) is 91.2 Å². The monoisotopic (exact) mass is 581 g/mol. The van der Waals surface area contributed by atoms with Gasteiger partial charge in [-0.3, -0.25) is 9.78 Å². The first-order valence-electron chi connectivity index (χ1n) is 14.2. The molecule has 220 valence electrons. The first kappa shape index (κ1) is 29.3. The van der Waals surface area contributed by atoms with Crippen molar-refractivity contribution in [1.82, 2.24) is 25.1 Å². The van der Waals surface area contributed by atoms with Gasteiger partial charge in [0.2, 0.25) is 0 Å². The molecule has 40 heavy (non-hydrogen) atoms. The van der Waals surface area contributed by atoms with Gasteiger partial charge in [-0.25, -0.2) is 4.31 Å². The molecule has 3 atom stereocenters. The first-order valence-corrected chi connectivity index (χ1v) is 15.4. The van der Waals surface area contributed by atoms with E-state index in [-0.39, 0.29) is 17.9 Å². The number of alkyl halides is 3. The van der Waals surface area contributed by atoms with Crippen molar-refractivity contribution >= 4 is 17.9 Å². The summed E-state index contributed by atoms with van der Waals surface area (Å²) in [6, 6.07) is 6.22. The van der Waals surface area contributed by atoms with Crippen molar-refractivity contribution in [3.05, 3.63) is 47.1 Å². The maximum atomic E-state index is 12.4. The van der Waals surface area contributed by atoms with Gasteiger partial charge in [-0.15, -0.1) is 0 Å². The average molecular weight is 582 g/mol. The number of carbonyl (C=O) groups is 1. The molecule has 3 saturated heterocycles. The smallest absolute Gasteiger partial charge is 0.380 e. The molecular weight excluding hydrogens is 543 g/mol. The zero-order valence-corrected chi connectivity index (χ0v) is 23.6. The molecule has 4 fully saturated rings. The molecule has 0 aromatic carbocycles. The van der Waals surface area contributed by atoms with Crippen molar-refractivity contribution in [1.29, 1.82) is 0 Å². The van der Waals surface area contributed by atoms with Gasteiger partial charge in [-0.05, 0) is 56.9 Å². The van der Waals surface area contributed by atoms with Crippen molar-refractivity contribution in [3.8, 4) is 0 Å². The normalized spacial score (nSPS) is 25.6. The number of pyridine rings is 1. The molecule has 1 saturated carbocycles. The Bertz CT molecular complexity index is 1090. The standard InChI is InChI=1S/C15H21N3O3S.C13H17F3N2/c1-22-18-11-2-3-12(18)5-10(4-11)16-15(19)13-6-14(21-17-13)9-7-20-8-9;14-13(15,16)10-6-7-12(17-8-10)9-18-11-4-2-1-3-5-11/h6,9-12H,2-5,7-8H2,1H3,(H,16,19);6-8,11,18H,1-5,9H2/t10?,11-,12?;/m0./s1. The molecule has 2 unspecified atom stereocenters. The molecule has 8 nitrogen and oxygen atoms in total. The number of nitrogens with one attached hydrogen (secondary N) is 2. The number of halogens is 3. The van der Waals surface area contributed by atoms with E-state index < -0.39 is 11.7 Å². The summed E-state index contributed by atoms with van der Waals surface area (Å²) in [4.78, 5) is 16.2. The lowest BCUT2D eigenvalue weighted by atomic mass is 9.95. The summed E-state index contributed by atoms with van der Waals surface area (Å²) >= 11 is 1.84. The minimum absolute atomic E-state index is 0.114. The third-order valence-corrected chi connectivity index (χ3v) is 9.36. The highest BCUT2D eigenvalue weighted by atomic mass is 32.2. The molecule has 2 aromatic rings. The lowest BCUT2D eigenvalue weighted by Crippen LogP contribution is -2.47. The Morgan fingerprint density at radius 1 is 1.07 bits per heavy atom. The van der Waals surface area contributed by atoms with E-state index in [1.165, 1.54) is 38.2 Å². The number of hydrogen-bond acceptors (Lipinski definition) is 8. The van der Waals surface area contributed by atoms with Crippen LogP contribution in [0.25, 0.3) is 0 Å². The summed E-state index contributed by atoms with van der Waals surface area (Å²) in [5.41, 5.74) is 0.360. The molecule has 1 amide bonds. The van der Waals surface area contributed by atoms with Crippen LogP contribution in [0.15, 0.2) is 28.9 Å². The molecule has 2 bridgehead atoms. The number of amides is 1. The van der Waals surface area contributed by atoms with Crippen molar-refractivity contribution in [3.63, 3.8) is 0 Å². The van der Waals surface area contributed by atoms with Crippen molar-refractivity contribution in [2.75, 3.05) is 19.5 Å². The fourth-order valence-corrected chi connectivity index (χ4v) is 7.03. The van der Waals surface area contributed by atoms with E-state index in [0.717, 1.165) is 43.7 Å². The Labute approximate surface area is 237 Å². The number of nitrogens with zero attached hydrogens (tertiary/aromatic N) is 3. The number of carbonyl (C=O) groups excluding carboxylic acids is 1. The Balaban J connectivity index is 0.000000165. The Kier molecular flexibility index (Phi) is 9.70. The maximum absolute atomic E-state index is 12.4. The van der Waals surface area contributed by atoms with Gasteiger partial charge in [0.1, 0.15) is 5.76 Å². The van der Waals surface area contributed by atoms with Gasteiger partial charge < -0.3 is 19.9 Å². The van der Waals surface area contributed by atoms with Gasteiger partial charge in [0.25, 0.3) is 5.91 Å². The summed E-state index contributed by atoms with van der Waals surface area (Å²) in [5.74, 6) is 0.903. The van der Waals surface area contributed by atoms with E-state index in [0.29, 0.717) is 49.3 Å². The molecule has 3 aliphatic heterocycles. The zero-order chi connectivity index (χ0) is 28.1. The molecule has 4 aliphatic rings. The minimum atomic E-state index is -4.30. The summed E-state index contributed by atoms with van der Waals surface area (Å²) in [5, 5.41) is 10.4. The van der Waals surface area contributed by atoms with Gasteiger partial charge in [-0.2, -0.15) is 13.2 Å². The second-order valence-corrected chi connectivity index (χ2v) is 12.0. The van der Waals surface area contributed by atoms with Gasteiger partial charge in [0.05, 0.1) is 30.4 Å². The van der Waals surface area contributed by atoms with Crippen LogP contribution >= 0.6 is 11.9 Å². The predicted molar refractivity (Wildman–Crippen MR) is 146 cm³/mol. The first-order chi connectivity index (χ1) is 19.3. The van der Waals surface area contributed by atoms with E-state index in [1.54, 1.807) is 6.07 Å². The Hall–Kier alpha value is -2.15. The topological polar surface area (TPSA) is 92.5 Å². The number of aromatic nitrogens is 2. The third-order valence-electron chi connectivity index (χ3n) is 8.34. The highest BCUT2D eigenvalue weighted by Crippen LogP contribution is 2.39.